The Balaban J connectivity index is 1.76. The molecular formula is C20H24FNO3. The van der Waals surface area contributed by atoms with Crippen molar-refractivity contribution in [3.05, 3.63) is 59.4 Å². The Hall–Kier alpha value is -2.11. The first-order valence-corrected chi connectivity index (χ1v) is 8.59. The SMILES string of the molecule is COc1cccc(CN(Cc2ccc(F)cc2)CC2CCCO2)c1O. The second kappa shape index (κ2) is 8.32. The minimum Gasteiger partial charge on any atom is -0.504 e. The van der Waals surface area contributed by atoms with E-state index in [4.69, 9.17) is 9.47 Å². The van der Waals surface area contributed by atoms with Crippen molar-refractivity contribution < 1.29 is 19.0 Å². The Morgan fingerprint density at radius 1 is 1.20 bits per heavy atom. The van der Waals surface area contributed by atoms with Crippen LogP contribution in [0.15, 0.2) is 42.5 Å². The zero-order chi connectivity index (χ0) is 17.6. The second-order valence-corrected chi connectivity index (χ2v) is 6.40. The van der Waals surface area contributed by atoms with Gasteiger partial charge in [-0.1, -0.05) is 24.3 Å². The van der Waals surface area contributed by atoms with Crippen LogP contribution in [0.25, 0.3) is 0 Å². The molecule has 2 aromatic rings. The van der Waals surface area contributed by atoms with E-state index in [0.29, 0.717) is 18.8 Å². The number of aromatic hydroxyl groups is 1. The standard InChI is InChI=1S/C20H24FNO3/c1-24-19-6-2-4-16(20(19)23)13-22(14-18-5-3-11-25-18)12-15-7-9-17(21)10-8-15/h2,4,6-10,18,23H,3,5,11-14H2,1H3. The summed E-state index contributed by atoms with van der Waals surface area (Å²) in [7, 11) is 1.54. The molecule has 3 rings (SSSR count). The molecule has 0 amide bonds. The highest BCUT2D eigenvalue weighted by molar-refractivity contribution is 5.45. The molecule has 25 heavy (non-hydrogen) atoms. The largest absolute Gasteiger partial charge is 0.504 e. The van der Waals surface area contributed by atoms with Gasteiger partial charge in [0.2, 0.25) is 0 Å². The van der Waals surface area contributed by atoms with Crippen molar-refractivity contribution in [2.24, 2.45) is 0 Å². The molecule has 1 heterocycles. The first kappa shape index (κ1) is 17.7. The van der Waals surface area contributed by atoms with Gasteiger partial charge in [0.15, 0.2) is 11.5 Å². The van der Waals surface area contributed by atoms with Gasteiger partial charge in [0, 0.05) is 31.8 Å². The average molecular weight is 345 g/mol. The van der Waals surface area contributed by atoms with Crippen LogP contribution in [0.2, 0.25) is 0 Å². The molecule has 0 saturated carbocycles. The molecule has 0 bridgehead atoms. The molecule has 1 aliphatic heterocycles. The predicted octanol–water partition coefficient (Wildman–Crippen LogP) is 3.72. The molecule has 1 atom stereocenters. The third kappa shape index (κ3) is 4.71. The van der Waals surface area contributed by atoms with E-state index in [0.717, 1.165) is 37.1 Å². The number of phenols is 1. The van der Waals surface area contributed by atoms with Gasteiger partial charge in [0.05, 0.1) is 13.2 Å². The molecule has 4 nitrogen and oxygen atoms in total. The number of hydrogen-bond donors (Lipinski definition) is 1. The number of halogens is 1. The highest BCUT2D eigenvalue weighted by atomic mass is 19.1. The van der Waals surface area contributed by atoms with E-state index in [1.54, 1.807) is 25.3 Å². The maximum Gasteiger partial charge on any atom is 0.162 e. The molecule has 0 aliphatic carbocycles. The molecular weight excluding hydrogens is 321 g/mol. The van der Waals surface area contributed by atoms with Gasteiger partial charge in [-0.05, 0) is 36.6 Å². The van der Waals surface area contributed by atoms with E-state index in [9.17, 15) is 9.50 Å². The van der Waals surface area contributed by atoms with Gasteiger partial charge in [-0.2, -0.15) is 0 Å². The van der Waals surface area contributed by atoms with Gasteiger partial charge >= 0.3 is 0 Å². The number of ether oxygens (including phenoxy) is 2. The zero-order valence-electron chi connectivity index (χ0n) is 14.5. The van der Waals surface area contributed by atoms with Crippen LogP contribution in [-0.2, 0) is 17.8 Å². The summed E-state index contributed by atoms with van der Waals surface area (Å²) in [6, 6.07) is 12.0. The Morgan fingerprint density at radius 2 is 2.00 bits per heavy atom. The monoisotopic (exact) mass is 345 g/mol. The maximum absolute atomic E-state index is 13.2. The number of rotatable bonds is 7. The van der Waals surface area contributed by atoms with Crippen molar-refractivity contribution in [3.63, 3.8) is 0 Å². The lowest BCUT2D eigenvalue weighted by molar-refractivity contribution is 0.0676. The summed E-state index contributed by atoms with van der Waals surface area (Å²) in [5.74, 6) is 0.401. The van der Waals surface area contributed by atoms with Crippen LogP contribution in [0.3, 0.4) is 0 Å². The van der Waals surface area contributed by atoms with Crippen molar-refractivity contribution in [2.45, 2.75) is 32.0 Å². The van der Waals surface area contributed by atoms with Gasteiger partial charge in [-0.25, -0.2) is 4.39 Å². The number of nitrogens with zero attached hydrogens (tertiary/aromatic N) is 1. The molecule has 1 N–H and O–H groups in total. The molecule has 1 saturated heterocycles. The number of benzene rings is 2. The van der Waals surface area contributed by atoms with E-state index >= 15 is 0 Å². The Bertz CT molecular complexity index is 684. The van der Waals surface area contributed by atoms with Gasteiger partial charge < -0.3 is 14.6 Å². The summed E-state index contributed by atoms with van der Waals surface area (Å²) in [5, 5.41) is 10.4. The van der Waals surface area contributed by atoms with Crippen molar-refractivity contribution >= 4 is 0 Å². The summed E-state index contributed by atoms with van der Waals surface area (Å²) < 4.78 is 24.1. The predicted molar refractivity (Wildman–Crippen MR) is 94.1 cm³/mol. The van der Waals surface area contributed by atoms with E-state index in [1.165, 1.54) is 12.1 Å². The van der Waals surface area contributed by atoms with Gasteiger partial charge in [-0.15, -0.1) is 0 Å². The Morgan fingerprint density at radius 3 is 2.68 bits per heavy atom. The van der Waals surface area contributed by atoms with Crippen molar-refractivity contribution in [1.82, 2.24) is 4.90 Å². The summed E-state index contributed by atoms with van der Waals surface area (Å²) in [4.78, 5) is 2.22. The van der Waals surface area contributed by atoms with Crippen LogP contribution < -0.4 is 4.74 Å². The summed E-state index contributed by atoms with van der Waals surface area (Å²) in [6.07, 6.45) is 2.33. The highest BCUT2D eigenvalue weighted by Gasteiger charge is 2.21. The van der Waals surface area contributed by atoms with Gasteiger partial charge in [-0.3, -0.25) is 4.90 Å². The number of phenolic OH excluding ortho intramolecular Hbond substituents is 1. The van der Waals surface area contributed by atoms with Crippen LogP contribution in [0, 0.1) is 5.82 Å². The van der Waals surface area contributed by atoms with Crippen LogP contribution >= 0.6 is 0 Å². The smallest absolute Gasteiger partial charge is 0.162 e. The lowest BCUT2D eigenvalue weighted by atomic mass is 10.1. The molecule has 0 radical (unpaired) electrons. The fourth-order valence-corrected chi connectivity index (χ4v) is 3.21. The molecule has 5 heteroatoms. The number of methoxy groups -OCH3 is 1. The quantitative estimate of drug-likeness (QED) is 0.830. The van der Waals surface area contributed by atoms with E-state index in [1.807, 2.05) is 12.1 Å². The van der Waals surface area contributed by atoms with Gasteiger partial charge in [0.1, 0.15) is 5.82 Å². The molecule has 0 spiro atoms. The number of hydrogen-bond acceptors (Lipinski definition) is 4. The first-order valence-electron chi connectivity index (χ1n) is 8.59. The summed E-state index contributed by atoms with van der Waals surface area (Å²) in [5.41, 5.74) is 1.83. The maximum atomic E-state index is 13.2. The van der Waals surface area contributed by atoms with E-state index in [-0.39, 0.29) is 17.7 Å². The average Bonchev–Trinajstić information content (AvgIpc) is 3.12. The van der Waals surface area contributed by atoms with E-state index in [2.05, 4.69) is 4.90 Å². The third-order valence-electron chi connectivity index (χ3n) is 4.50. The third-order valence-corrected chi connectivity index (χ3v) is 4.50. The normalized spacial score (nSPS) is 17.2. The lowest BCUT2D eigenvalue weighted by Crippen LogP contribution is -2.31. The first-order chi connectivity index (χ1) is 12.2. The minimum atomic E-state index is -0.236. The molecule has 1 fully saturated rings. The second-order valence-electron chi connectivity index (χ2n) is 6.40. The van der Waals surface area contributed by atoms with Crippen molar-refractivity contribution in [1.29, 1.82) is 0 Å². The lowest BCUT2D eigenvalue weighted by Gasteiger charge is -2.26. The molecule has 1 aliphatic rings. The molecule has 2 aromatic carbocycles. The molecule has 1 unspecified atom stereocenters. The Kier molecular flexibility index (Phi) is 5.89. The minimum absolute atomic E-state index is 0.168. The van der Waals surface area contributed by atoms with Crippen LogP contribution in [-0.4, -0.2) is 36.4 Å². The highest BCUT2D eigenvalue weighted by Crippen LogP contribution is 2.31. The summed E-state index contributed by atoms with van der Waals surface area (Å²) in [6.45, 7) is 2.81. The fourth-order valence-electron chi connectivity index (χ4n) is 3.21. The van der Waals surface area contributed by atoms with Gasteiger partial charge in [0.25, 0.3) is 0 Å². The van der Waals surface area contributed by atoms with E-state index < -0.39 is 0 Å². The summed E-state index contributed by atoms with van der Waals surface area (Å²) >= 11 is 0. The van der Waals surface area contributed by atoms with Crippen LogP contribution in [0.5, 0.6) is 11.5 Å². The topological polar surface area (TPSA) is 41.9 Å². The van der Waals surface area contributed by atoms with Crippen molar-refractivity contribution in [2.75, 3.05) is 20.3 Å². The molecule has 0 aromatic heterocycles. The van der Waals surface area contributed by atoms with Crippen LogP contribution in [0.4, 0.5) is 4.39 Å². The van der Waals surface area contributed by atoms with Crippen LogP contribution in [0.1, 0.15) is 24.0 Å². The van der Waals surface area contributed by atoms with Crippen molar-refractivity contribution in [3.8, 4) is 11.5 Å². The fraction of sp³-hybridized carbons (Fsp3) is 0.400. The Labute approximate surface area is 147 Å². The zero-order valence-corrected chi connectivity index (χ0v) is 14.5. The number of para-hydroxylation sites is 1. The molecule has 134 valence electrons.